The Morgan fingerprint density at radius 2 is 1.81 bits per heavy atom. The fourth-order valence-electron chi connectivity index (χ4n) is 1.94. The Balaban J connectivity index is 2.20. The average Bonchev–Trinajstić information content (AvgIpc) is 2.71. The van der Waals surface area contributed by atoms with Crippen molar-refractivity contribution in [3.05, 3.63) is 72.5 Å². The lowest BCUT2D eigenvalue weighted by Gasteiger charge is -2.04. The summed E-state index contributed by atoms with van der Waals surface area (Å²) < 4.78 is 27.6. The van der Waals surface area contributed by atoms with E-state index in [1.807, 2.05) is 55.6 Å². The Hall–Kier alpha value is -2.02. The van der Waals surface area contributed by atoms with Gasteiger partial charge in [-0.25, -0.2) is 0 Å². The van der Waals surface area contributed by atoms with Crippen molar-refractivity contribution in [2.75, 3.05) is 51.2 Å². The lowest BCUT2D eigenvalue weighted by Crippen LogP contribution is -2.09. The first kappa shape index (κ1) is 23.0. The molecule has 0 bridgehead atoms. The zero-order valence-electron chi connectivity index (χ0n) is 15.7. The topological polar surface area (TPSA) is 39.7 Å². The van der Waals surface area contributed by atoms with Gasteiger partial charge < -0.3 is 19.5 Å². The highest BCUT2D eigenvalue weighted by molar-refractivity contribution is 7.94. The largest absolute Gasteiger partial charge is 0.499 e. The molecule has 0 atom stereocenters. The molecule has 0 fully saturated rings. The predicted octanol–water partition coefficient (Wildman–Crippen LogP) is 5.04. The molecule has 6 heteroatoms. The first-order chi connectivity index (χ1) is 13.3. The molecule has 1 aromatic rings. The van der Waals surface area contributed by atoms with Crippen LogP contribution in [0.2, 0.25) is 0 Å². The molecule has 27 heavy (non-hydrogen) atoms. The molecule has 0 spiro atoms. The van der Waals surface area contributed by atoms with Crippen molar-refractivity contribution in [1.82, 2.24) is 0 Å². The van der Waals surface area contributed by atoms with Crippen LogP contribution in [-0.2, 0) is 14.2 Å². The summed E-state index contributed by atoms with van der Waals surface area (Å²) in [6.45, 7) is 6.10. The predicted molar refractivity (Wildman–Crippen MR) is 114 cm³/mol. The molecule has 0 heterocycles. The molecular formula is C21H28FNO3S. The summed E-state index contributed by atoms with van der Waals surface area (Å²) in [6.07, 6.45) is 11.2. The highest BCUT2D eigenvalue weighted by atomic mass is 32.2. The molecule has 0 unspecified atom stereocenters. The maximum absolute atomic E-state index is 11.8. The number of hydrogen-bond donors (Lipinski definition) is 1. The molecule has 0 saturated carbocycles. The van der Waals surface area contributed by atoms with Crippen molar-refractivity contribution in [2.24, 2.45) is 0 Å². The molecule has 0 aromatic heterocycles. The number of benzene rings is 1. The quantitative estimate of drug-likeness (QED) is 0.257. The molecule has 0 aliphatic carbocycles. The highest BCUT2D eigenvalue weighted by Gasteiger charge is 1.91. The number of anilines is 1. The third-order valence-corrected chi connectivity index (χ3v) is 3.71. The minimum atomic E-state index is 0.277. The molecule has 0 saturated heterocycles. The zero-order valence-corrected chi connectivity index (χ0v) is 16.6. The van der Waals surface area contributed by atoms with Gasteiger partial charge in [-0.3, -0.25) is 0 Å². The van der Waals surface area contributed by atoms with Crippen LogP contribution in [0.5, 0.6) is 0 Å². The van der Waals surface area contributed by atoms with E-state index in [1.165, 1.54) is 0 Å². The maximum Gasteiger partial charge on any atom is 0.111 e. The Labute approximate surface area is 166 Å². The molecule has 1 aromatic carbocycles. The summed E-state index contributed by atoms with van der Waals surface area (Å²) in [6, 6.07) is 8.16. The van der Waals surface area contributed by atoms with E-state index in [9.17, 15) is 3.89 Å². The van der Waals surface area contributed by atoms with Crippen LogP contribution < -0.4 is 5.32 Å². The second-order valence-corrected chi connectivity index (χ2v) is 5.94. The normalized spacial score (nSPS) is 12.0. The SMILES string of the molecule is C=CC(/C=C/c1ccc(NC)cc1)=C\C=C\OCCOCCOCCSF. The van der Waals surface area contributed by atoms with Gasteiger partial charge in [-0.1, -0.05) is 43.0 Å². The van der Waals surface area contributed by atoms with Crippen molar-refractivity contribution in [2.45, 2.75) is 0 Å². The third kappa shape index (κ3) is 12.1. The summed E-state index contributed by atoms with van der Waals surface area (Å²) in [5, 5.41) is 3.09. The van der Waals surface area contributed by atoms with Gasteiger partial charge in [0.1, 0.15) is 6.61 Å². The molecule has 4 nitrogen and oxygen atoms in total. The minimum Gasteiger partial charge on any atom is -0.499 e. The van der Waals surface area contributed by atoms with Crippen LogP contribution >= 0.6 is 12.1 Å². The first-order valence-electron chi connectivity index (χ1n) is 8.76. The molecule has 1 rings (SSSR count). The molecule has 1 N–H and O–H groups in total. The summed E-state index contributed by atoms with van der Waals surface area (Å²) in [5.74, 6) is 0.353. The highest BCUT2D eigenvalue weighted by Crippen LogP contribution is 2.11. The van der Waals surface area contributed by atoms with E-state index < -0.39 is 0 Å². The van der Waals surface area contributed by atoms with Crippen molar-refractivity contribution in [1.29, 1.82) is 0 Å². The lowest BCUT2D eigenvalue weighted by molar-refractivity contribution is 0.0348. The molecular weight excluding hydrogens is 365 g/mol. The van der Waals surface area contributed by atoms with Gasteiger partial charge in [0.15, 0.2) is 0 Å². The summed E-state index contributed by atoms with van der Waals surface area (Å²) >= 11 is 0.277. The molecule has 0 amide bonds. The van der Waals surface area contributed by atoms with Gasteiger partial charge in [-0.2, -0.15) is 3.89 Å². The fraction of sp³-hybridized carbons (Fsp3) is 0.333. The second-order valence-electron chi connectivity index (χ2n) is 5.31. The monoisotopic (exact) mass is 393 g/mol. The Kier molecular flexibility index (Phi) is 13.8. The Morgan fingerprint density at radius 1 is 1.11 bits per heavy atom. The van der Waals surface area contributed by atoms with Crippen LogP contribution in [-0.4, -0.2) is 45.8 Å². The van der Waals surface area contributed by atoms with Gasteiger partial charge in [0.05, 0.1) is 32.7 Å². The van der Waals surface area contributed by atoms with E-state index >= 15 is 0 Å². The molecule has 0 radical (unpaired) electrons. The van der Waals surface area contributed by atoms with Crippen molar-refractivity contribution < 1.29 is 18.1 Å². The number of ether oxygens (including phenoxy) is 3. The number of halogens is 1. The Bertz CT molecular complexity index is 600. The van der Waals surface area contributed by atoms with Gasteiger partial charge in [0.25, 0.3) is 0 Å². The van der Waals surface area contributed by atoms with Crippen molar-refractivity contribution in [3.63, 3.8) is 0 Å². The number of hydrogen-bond acceptors (Lipinski definition) is 5. The zero-order chi connectivity index (χ0) is 19.6. The van der Waals surface area contributed by atoms with E-state index in [4.69, 9.17) is 14.2 Å². The summed E-state index contributed by atoms with van der Waals surface area (Å²) in [7, 11) is 1.90. The van der Waals surface area contributed by atoms with Crippen LogP contribution in [0.15, 0.2) is 67.0 Å². The Morgan fingerprint density at radius 3 is 2.48 bits per heavy atom. The van der Waals surface area contributed by atoms with Crippen molar-refractivity contribution in [3.8, 4) is 0 Å². The van der Waals surface area contributed by atoms with E-state index in [0.29, 0.717) is 38.8 Å². The van der Waals surface area contributed by atoms with Crippen LogP contribution in [0, 0.1) is 0 Å². The van der Waals surface area contributed by atoms with Crippen LogP contribution in [0.3, 0.4) is 0 Å². The maximum atomic E-state index is 11.8. The third-order valence-electron chi connectivity index (χ3n) is 3.39. The van der Waals surface area contributed by atoms with Crippen LogP contribution in [0.4, 0.5) is 9.57 Å². The molecule has 0 aliphatic heterocycles. The summed E-state index contributed by atoms with van der Waals surface area (Å²) in [5.41, 5.74) is 3.18. The van der Waals surface area contributed by atoms with Gasteiger partial charge in [-0.15, -0.1) is 0 Å². The number of allylic oxidation sites excluding steroid dienone is 5. The van der Waals surface area contributed by atoms with Gasteiger partial charge in [0.2, 0.25) is 0 Å². The lowest BCUT2D eigenvalue weighted by atomic mass is 10.1. The van der Waals surface area contributed by atoms with Crippen molar-refractivity contribution >= 4 is 23.9 Å². The number of rotatable bonds is 15. The number of nitrogens with one attached hydrogen (secondary N) is 1. The van der Waals surface area contributed by atoms with E-state index in [-0.39, 0.29) is 12.1 Å². The fourth-order valence-corrected chi connectivity index (χ4v) is 2.12. The first-order valence-corrected chi connectivity index (χ1v) is 9.64. The van der Waals surface area contributed by atoms with Gasteiger partial charge >= 0.3 is 0 Å². The standard InChI is InChI=1S/C21H28FNO3S/c1-3-19(6-7-20-8-10-21(23-2)11-9-20)5-4-12-24-13-14-25-15-16-26-17-18-27-22/h3-12,23H,1,13-18H2,2H3/b7-6+,12-4+,19-5+. The van der Waals surface area contributed by atoms with Crippen LogP contribution in [0.1, 0.15) is 5.56 Å². The van der Waals surface area contributed by atoms with E-state index in [1.54, 1.807) is 12.3 Å². The molecule has 148 valence electrons. The molecule has 0 aliphatic rings. The summed E-state index contributed by atoms with van der Waals surface area (Å²) in [4.78, 5) is 0. The minimum absolute atomic E-state index is 0.277. The van der Waals surface area contributed by atoms with E-state index in [2.05, 4.69) is 11.9 Å². The van der Waals surface area contributed by atoms with Crippen LogP contribution in [0.25, 0.3) is 6.08 Å². The second kappa shape index (κ2) is 16.2. The van der Waals surface area contributed by atoms with E-state index in [0.717, 1.165) is 16.8 Å². The smallest absolute Gasteiger partial charge is 0.111 e. The van der Waals surface area contributed by atoms with Gasteiger partial charge in [0, 0.05) is 30.6 Å². The van der Waals surface area contributed by atoms with Gasteiger partial charge in [-0.05, 0) is 29.3 Å². The average molecular weight is 394 g/mol.